The summed E-state index contributed by atoms with van der Waals surface area (Å²) in [7, 11) is 1.65. The van der Waals surface area contributed by atoms with Gasteiger partial charge in [0.25, 0.3) is 0 Å². The van der Waals surface area contributed by atoms with Gasteiger partial charge in [0.1, 0.15) is 17.4 Å². The number of rotatable bonds is 6. The van der Waals surface area contributed by atoms with E-state index in [2.05, 4.69) is 10.2 Å². The molecule has 0 aliphatic carbocycles. The predicted molar refractivity (Wildman–Crippen MR) is 105 cm³/mol. The van der Waals surface area contributed by atoms with Crippen molar-refractivity contribution in [3.63, 3.8) is 0 Å². The third-order valence-electron chi connectivity index (χ3n) is 5.05. The number of ether oxygens (including phenoxy) is 1. The maximum absolute atomic E-state index is 13.9. The number of nitrogens with one attached hydrogen (secondary N) is 1. The zero-order chi connectivity index (χ0) is 20.1. The Labute approximate surface area is 163 Å². The van der Waals surface area contributed by atoms with Crippen molar-refractivity contribution >= 4 is 11.6 Å². The first kappa shape index (κ1) is 20.1. The van der Waals surface area contributed by atoms with Crippen LogP contribution in [-0.2, 0) is 4.79 Å². The number of hydrogen-bond donors (Lipinski definition) is 1. The molecule has 0 unspecified atom stereocenters. The minimum atomic E-state index is -0.613. The van der Waals surface area contributed by atoms with Crippen LogP contribution in [0.2, 0.25) is 0 Å². The van der Waals surface area contributed by atoms with E-state index in [1.165, 1.54) is 12.1 Å². The van der Waals surface area contributed by atoms with E-state index in [0.29, 0.717) is 31.7 Å². The van der Waals surface area contributed by atoms with E-state index in [1.807, 2.05) is 24.3 Å². The van der Waals surface area contributed by atoms with Gasteiger partial charge >= 0.3 is 0 Å². The second-order valence-corrected chi connectivity index (χ2v) is 6.81. The highest BCUT2D eigenvalue weighted by atomic mass is 19.1. The molecule has 1 amide bonds. The Balaban J connectivity index is 1.51. The first-order valence-electron chi connectivity index (χ1n) is 9.33. The molecule has 28 heavy (non-hydrogen) atoms. The van der Waals surface area contributed by atoms with Crippen molar-refractivity contribution in [2.75, 3.05) is 44.7 Å². The molecule has 0 spiro atoms. The summed E-state index contributed by atoms with van der Waals surface area (Å²) in [4.78, 5) is 16.5. The van der Waals surface area contributed by atoms with E-state index >= 15 is 0 Å². The quantitative estimate of drug-likeness (QED) is 0.825. The number of anilines is 1. The average molecular weight is 389 g/mol. The zero-order valence-electron chi connectivity index (χ0n) is 16.1. The fourth-order valence-electron chi connectivity index (χ4n) is 3.40. The van der Waals surface area contributed by atoms with Crippen LogP contribution in [0.3, 0.4) is 0 Å². The molecule has 1 N–H and O–H groups in total. The Morgan fingerprint density at radius 1 is 1.14 bits per heavy atom. The Morgan fingerprint density at radius 3 is 2.54 bits per heavy atom. The van der Waals surface area contributed by atoms with Gasteiger partial charge in [-0.1, -0.05) is 18.2 Å². The van der Waals surface area contributed by atoms with Gasteiger partial charge in [-0.05, 0) is 25.1 Å². The number of halogens is 2. The Hall–Kier alpha value is -2.67. The highest BCUT2D eigenvalue weighted by Crippen LogP contribution is 2.28. The molecule has 1 aliphatic rings. The maximum atomic E-state index is 13.9. The van der Waals surface area contributed by atoms with Gasteiger partial charge in [-0.2, -0.15) is 0 Å². The molecule has 0 saturated carbocycles. The number of carbonyl (C=O) groups is 1. The van der Waals surface area contributed by atoms with E-state index < -0.39 is 11.6 Å². The summed E-state index contributed by atoms with van der Waals surface area (Å²) in [5.41, 5.74) is 1.37. The lowest BCUT2D eigenvalue weighted by atomic mass is 10.1. The van der Waals surface area contributed by atoms with Gasteiger partial charge in [0.05, 0.1) is 19.3 Å². The second kappa shape index (κ2) is 9.01. The summed E-state index contributed by atoms with van der Waals surface area (Å²) in [6.45, 7) is 4.51. The average Bonchev–Trinajstić information content (AvgIpc) is 2.72. The third-order valence-corrected chi connectivity index (χ3v) is 5.05. The van der Waals surface area contributed by atoms with Crippen LogP contribution in [0.5, 0.6) is 5.75 Å². The molecule has 150 valence electrons. The van der Waals surface area contributed by atoms with Crippen molar-refractivity contribution in [2.24, 2.45) is 0 Å². The summed E-state index contributed by atoms with van der Waals surface area (Å²) < 4.78 is 32.3. The highest BCUT2D eigenvalue weighted by Gasteiger charge is 2.23. The molecule has 2 aromatic rings. The van der Waals surface area contributed by atoms with Crippen LogP contribution in [0.1, 0.15) is 18.5 Å². The monoisotopic (exact) mass is 389 g/mol. The van der Waals surface area contributed by atoms with E-state index in [1.54, 1.807) is 18.9 Å². The van der Waals surface area contributed by atoms with Crippen LogP contribution in [0, 0.1) is 11.6 Å². The van der Waals surface area contributed by atoms with Crippen LogP contribution in [0.25, 0.3) is 0 Å². The highest BCUT2D eigenvalue weighted by molar-refractivity contribution is 5.78. The van der Waals surface area contributed by atoms with E-state index in [9.17, 15) is 13.6 Å². The van der Waals surface area contributed by atoms with Gasteiger partial charge in [0.15, 0.2) is 0 Å². The SMILES string of the molecule is COc1ccccc1N1CCN(C(=O)CN[C@H](C)c2ccc(F)cc2F)CC1. The molecule has 1 saturated heterocycles. The molecule has 1 aliphatic heterocycles. The van der Waals surface area contributed by atoms with Crippen molar-refractivity contribution in [1.29, 1.82) is 0 Å². The molecule has 1 atom stereocenters. The molecule has 3 rings (SSSR count). The van der Waals surface area contributed by atoms with Crippen LogP contribution < -0.4 is 15.0 Å². The number of carbonyl (C=O) groups excluding carboxylic acids is 1. The first-order valence-corrected chi connectivity index (χ1v) is 9.33. The maximum Gasteiger partial charge on any atom is 0.236 e. The lowest BCUT2D eigenvalue weighted by Crippen LogP contribution is -2.51. The second-order valence-electron chi connectivity index (χ2n) is 6.81. The third kappa shape index (κ3) is 4.59. The largest absolute Gasteiger partial charge is 0.495 e. The molecular weight excluding hydrogens is 364 g/mol. The summed E-state index contributed by atoms with van der Waals surface area (Å²) in [6.07, 6.45) is 0. The van der Waals surface area contributed by atoms with Crippen molar-refractivity contribution in [3.8, 4) is 5.75 Å². The fraction of sp³-hybridized carbons (Fsp3) is 0.381. The minimum Gasteiger partial charge on any atom is -0.495 e. The summed E-state index contributed by atoms with van der Waals surface area (Å²) in [5.74, 6) is -0.441. The van der Waals surface area contributed by atoms with Gasteiger partial charge in [0.2, 0.25) is 5.91 Å². The van der Waals surface area contributed by atoms with Crippen molar-refractivity contribution in [1.82, 2.24) is 10.2 Å². The standard InChI is InChI=1S/C21H25F2N3O2/c1-15(17-8-7-16(22)13-18(17)23)24-14-21(27)26-11-9-25(10-12-26)19-5-3-4-6-20(19)28-2/h3-8,13,15,24H,9-12,14H2,1-2H3/t15-/m1/s1. The summed E-state index contributed by atoms with van der Waals surface area (Å²) in [6, 6.07) is 10.9. The van der Waals surface area contributed by atoms with Gasteiger partial charge in [0, 0.05) is 43.9 Å². The van der Waals surface area contributed by atoms with E-state index in [-0.39, 0.29) is 18.5 Å². The molecule has 1 fully saturated rings. The normalized spacial score (nSPS) is 15.4. The number of para-hydroxylation sites is 2. The summed E-state index contributed by atoms with van der Waals surface area (Å²) >= 11 is 0. The van der Waals surface area contributed by atoms with Gasteiger partial charge in [-0.25, -0.2) is 8.78 Å². The molecule has 0 aromatic heterocycles. The van der Waals surface area contributed by atoms with Crippen LogP contribution in [-0.4, -0.2) is 50.6 Å². The van der Waals surface area contributed by atoms with E-state index in [4.69, 9.17) is 4.74 Å². The molecular formula is C21H25F2N3O2. The number of amides is 1. The molecule has 0 radical (unpaired) electrons. The zero-order valence-corrected chi connectivity index (χ0v) is 16.1. The number of hydrogen-bond acceptors (Lipinski definition) is 4. The minimum absolute atomic E-state index is 0.0333. The number of nitrogens with zero attached hydrogens (tertiary/aromatic N) is 2. The van der Waals surface area contributed by atoms with Crippen LogP contribution in [0.15, 0.2) is 42.5 Å². The van der Waals surface area contributed by atoms with Crippen molar-refractivity contribution in [3.05, 3.63) is 59.7 Å². The number of piperazine rings is 1. The van der Waals surface area contributed by atoms with Crippen LogP contribution >= 0.6 is 0 Å². The summed E-state index contributed by atoms with van der Waals surface area (Å²) in [5, 5.41) is 3.03. The molecule has 7 heteroatoms. The number of benzene rings is 2. The van der Waals surface area contributed by atoms with E-state index in [0.717, 1.165) is 17.5 Å². The molecule has 5 nitrogen and oxygen atoms in total. The molecule has 2 aromatic carbocycles. The smallest absolute Gasteiger partial charge is 0.236 e. The Kier molecular flexibility index (Phi) is 6.46. The lowest BCUT2D eigenvalue weighted by Gasteiger charge is -2.36. The van der Waals surface area contributed by atoms with Crippen LogP contribution in [0.4, 0.5) is 14.5 Å². The molecule has 1 heterocycles. The van der Waals surface area contributed by atoms with Crippen molar-refractivity contribution < 1.29 is 18.3 Å². The predicted octanol–water partition coefficient (Wildman–Crippen LogP) is 2.97. The Morgan fingerprint density at radius 2 is 1.86 bits per heavy atom. The van der Waals surface area contributed by atoms with Gasteiger partial charge in [-0.3, -0.25) is 4.79 Å². The lowest BCUT2D eigenvalue weighted by molar-refractivity contribution is -0.130. The topological polar surface area (TPSA) is 44.8 Å². The molecule has 0 bridgehead atoms. The van der Waals surface area contributed by atoms with Crippen molar-refractivity contribution in [2.45, 2.75) is 13.0 Å². The Bertz CT molecular complexity index is 823. The van der Waals surface area contributed by atoms with Gasteiger partial charge < -0.3 is 19.9 Å². The fourth-order valence-corrected chi connectivity index (χ4v) is 3.40. The van der Waals surface area contributed by atoms with Gasteiger partial charge in [-0.15, -0.1) is 0 Å². The first-order chi connectivity index (χ1) is 13.5. The number of methoxy groups -OCH3 is 1.